The van der Waals surface area contributed by atoms with Gasteiger partial charge < -0.3 is 4.57 Å². The molecule has 0 N–H and O–H groups in total. The van der Waals surface area contributed by atoms with Crippen molar-refractivity contribution in [1.82, 2.24) is 18.9 Å². The molecule has 0 saturated carbocycles. The van der Waals surface area contributed by atoms with Gasteiger partial charge in [-0.2, -0.15) is 0 Å². The van der Waals surface area contributed by atoms with Crippen molar-refractivity contribution in [2.24, 2.45) is 0 Å². The smallest absolute Gasteiger partial charge is 0.145 e. The fourth-order valence-corrected chi connectivity index (χ4v) is 4.85. The van der Waals surface area contributed by atoms with Gasteiger partial charge in [0.25, 0.3) is 0 Å². The van der Waals surface area contributed by atoms with Crippen LogP contribution in [0.4, 0.5) is 0 Å². The van der Waals surface area contributed by atoms with Crippen LogP contribution < -0.4 is 0 Å². The maximum absolute atomic E-state index is 4.68. The number of imidazole rings is 1. The number of pyridine rings is 2. The lowest BCUT2D eigenvalue weighted by Crippen LogP contribution is -1.94. The Kier molecular flexibility index (Phi) is 2.97. The molecule has 7 rings (SSSR count). The van der Waals surface area contributed by atoms with E-state index in [0.717, 1.165) is 22.1 Å². The first-order chi connectivity index (χ1) is 14.9. The van der Waals surface area contributed by atoms with E-state index in [9.17, 15) is 0 Å². The molecule has 0 radical (unpaired) electrons. The normalized spacial score (nSPS) is 12.0. The Morgan fingerprint density at radius 3 is 2.43 bits per heavy atom. The van der Waals surface area contributed by atoms with Gasteiger partial charge in [-0.25, -0.2) is 4.98 Å². The third-order valence-electron chi connectivity index (χ3n) is 6.06. The zero-order chi connectivity index (χ0) is 19.7. The topological polar surface area (TPSA) is 35.1 Å². The first-order valence-electron chi connectivity index (χ1n) is 10.0. The molecule has 140 valence electrons. The second kappa shape index (κ2) is 5.67. The van der Waals surface area contributed by atoms with Crippen LogP contribution in [0.2, 0.25) is 0 Å². The van der Waals surface area contributed by atoms with Crippen LogP contribution in [0.25, 0.3) is 54.8 Å². The van der Waals surface area contributed by atoms with E-state index < -0.39 is 0 Å². The van der Waals surface area contributed by atoms with E-state index in [1.165, 1.54) is 32.7 Å². The number of benzene rings is 3. The summed E-state index contributed by atoms with van der Waals surface area (Å²) in [4.78, 5) is 9.08. The van der Waals surface area contributed by atoms with Crippen LogP contribution in [0.1, 0.15) is 0 Å². The van der Waals surface area contributed by atoms with Gasteiger partial charge in [-0.05, 0) is 30.3 Å². The zero-order valence-corrected chi connectivity index (χ0v) is 16.0. The minimum Gasteiger partial charge on any atom is -0.309 e. The van der Waals surface area contributed by atoms with Crippen molar-refractivity contribution < 1.29 is 0 Å². The van der Waals surface area contributed by atoms with Gasteiger partial charge in [0, 0.05) is 57.4 Å². The van der Waals surface area contributed by atoms with Crippen molar-refractivity contribution in [3.8, 4) is 5.69 Å². The molecule has 4 aromatic heterocycles. The molecule has 4 nitrogen and oxygen atoms in total. The van der Waals surface area contributed by atoms with Crippen LogP contribution in [-0.2, 0) is 0 Å². The molecule has 0 bridgehead atoms. The Hall–Kier alpha value is -4.18. The maximum atomic E-state index is 4.68. The highest BCUT2D eigenvalue weighted by atomic mass is 15.0. The summed E-state index contributed by atoms with van der Waals surface area (Å²) < 4.78 is 4.57. The monoisotopic (exact) mass is 384 g/mol. The Labute approximate surface area is 171 Å². The highest BCUT2D eigenvalue weighted by Crippen LogP contribution is 2.39. The number of hydrogen-bond acceptors (Lipinski definition) is 2. The molecule has 0 aliphatic carbocycles. The second-order valence-electron chi connectivity index (χ2n) is 7.59. The first-order valence-corrected chi connectivity index (χ1v) is 10.0. The third kappa shape index (κ3) is 1.90. The Balaban J connectivity index is 1.82. The molecular weight excluding hydrogens is 368 g/mol. The van der Waals surface area contributed by atoms with Crippen molar-refractivity contribution in [2.45, 2.75) is 0 Å². The molecule has 0 amide bonds. The molecule has 4 heterocycles. The van der Waals surface area contributed by atoms with Gasteiger partial charge >= 0.3 is 0 Å². The summed E-state index contributed by atoms with van der Waals surface area (Å²) >= 11 is 0. The van der Waals surface area contributed by atoms with Crippen molar-refractivity contribution in [3.63, 3.8) is 0 Å². The van der Waals surface area contributed by atoms with Crippen molar-refractivity contribution in [1.29, 1.82) is 0 Å². The lowest BCUT2D eigenvalue weighted by Gasteiger charge is -2.11. The predicted molar refractivity (Wildman–Crippen MR) is 122 cm³/mol. The summed E-state index contributed by atoms with van der Waals surface area (Å²) in [5.41, 5.74) is 5.68. The van der Waals surface area contributed by atoms with Crippen LogP contribution >= 0.6 is 0 Å². The number of fused-ring (bicyclic) bond motifs is 10. The van der Waals surface area contributed by atoms with E-state index in [2.05, 4.69) is 97.9 Å². The van der Waals surface area contributed by atoms with Crippen LogP contribution in [-0.4, -0.2) is 18.9 Å². The van der Waals surface area contributed by atoms with E-state index in [1.807, 2.05) is 18.6 Å². The molecule has 0 aliphatic rings. The Bertz CT molecular complexity index is 1740. The molecule has 0 saturated heterocycles. The Morgan fingerprint density at radius 2 is 1.50 bits per heavy atom. The third-order valence-corrected chi connectivity index (χ3v) is 6.06. The maximum Gasteiger partial charge on any atom is 0.145 e. The molecule has 4 heteroatoms. The molecule has 0 aliphatic heterocycles. The number of aromatic nitrogens is 4. The van der Waals surface area contributed by atoms with E-state index in [4.69, 9.17) is 0 Å². The molecule has 0 unspecified atom stereocenters. The van der Waals surface area contributed by atoms with Crippen LogP contribution in [0.5, 0.6) is 0 Å². The number of para-hydroxylation sites is 2. The van der Waals surface area contributed by atoms with E-state index in [-0.39, 0.29) is 0 Å². The summed E-state index contributed by atoms with van der Waals surface area (Å²) in [6.07, 6.45) is 7.73. The van der Waals surface area contributed by atoms with Crippen molar-refractivity contribution >= 4 is 49.1 Å². The van der Waals surface area contributed by atoms with Crippen LogP contribution in [0, 0.1) is 0 Å². The van der Waals surface area contributed by atoms with Gasteiger partial charge in [-0.3, -0.25) is 9.38 Å². The lowest BCUT2D eigenvalue weighted by atomic mass is 10.0. The van der Waals surface area contributed by atoms with Crippen molar-refractivity contribution in [3.05, 3.63) is 97.6 Å². The molecule has 7 aromatic rings. The van der Waals surface area contributed by atoms with E-state index >= 15 is 0 Å². The Morgan fingerprint density at radius 1 is 0.633 bits per heavy atom. The van der Waals surface area contributed by atoms with Gasteiger partial charge in [-0.15, -0.1) is 0 Å². The molecule has 0 spiro atoms. The lowest BCUT2D eigenvalue weighted by molar-refractivity contribution is 1.18. The zero-order valence-electron chi connectivity index (χ0n) is 16.0. The first kappa shape index (κ1) is 15.7. The number of nitrogens with zero attached hydrogens (tertiary/aromatic N) is 4. The summed E-state index contributed by atoms with van der Waals surface area (Å²) in [7, 11) is 0. The summed E-state index contributed by atoms with van der Waals surface area (Å²) in [5, 5.41) is 5.91. The van der Waals surface area contributed by atoms with Gasteiger partial charge in [0.15, 0.2) is 0 Å². The summed E-state index contributed by atoms with van der Waals surface area (Å²) in [6.45, 7) is 0. The summed E-state index contributed by atoms with van der Waals surface area (Å²) in [6, 6.07) is 25.7. The van der Waals surface area contributed by atoms with Gasteiger partial charge in [0.1, 0.15) is 5.65 Å². The quantitative estimate of drug-likeness (QED) is 0.319. The predicted octanol–water partition coefficient (Wildman–Crippen LogP) is 6.13. The molecular formula is C26H16N4. The minimum absolute atomic E-state index is 0.962. The average molecular weight is 384 g/mol. The second-order valence-corrected chi connectivity index (χ2v) is 7.59. The molecule has 3 aromatic carbocycles. The van der Waals surface area contributed by atoms with Gasteiger partial charge in [-0.1, -0.05) is 42.5 Å². The molecule has 0 atom stereocenters. The largest absolute Gasteiger partial charge is 0.309 e. The standard InChI is InChI=1S/C26H16N4/c1-2-6-17(7-3-1)30-22-9-5-4-8-20(22)24-23(30)11-10-18-21-16-27-13-12-19(21)26-28-14-15-29(26)25(18)24/h1-16H. The number of rotatable bonds is 1. The van der Waals surface area contributed by atoms with Crippen LogP contribution in [0.15, 0.2) is 97.6 Å². The fourth-order valence-electron chi connectivity index (χ4n) is 4.85. The highest BCUT2D eigenvalue weighted by molar-refractivity contribution is 6.25. The SMILES string of the molecule is c1ccc(-n2c3ccccc3c3c2ccc2c4cnccc4c4nccn4c23)cc1. The fraction of sp³-hybridized carbons (Fsp3) is 0. The minimum atomic E-state index is 0.962. The summed E-state index contributed by atoms with van der Waals surface area (Å²) in [5.74, 6) is 0. The van der Waals surface area contributed by atoms with E-state index in [1.54, 1.807) is 0 Å². The van der Waals surface area contributed by atoms with Crippen LogP contribution in [0.3, 0.4) is 0 Å². The van der Waals surface area contributed by atoms with Gasteiger partial charge in [0.2, 0.25) is 0 Å². The highest BCUT2D eigenvalue weighted by Gasteiger charge is 2.18. The van der Waals surface area contributed by atoms with Gasteiger partial charge in [0.05, 0.1) is 16.6 Å². The molecule has 30 heavy (non-hydrogen) atoms. The number of hydrogen-bond donors (Lipinski definition) is 0. The molecule has 0 fully saturated rings. The van der Waals surface area contributed by atoms with E-state index in [0.29, 0.717) is 0 Å². The van der Waals surface area contributed by atoms with Crippen molar-refractivity contribution in [2.75, 3.05) is 0 Å². The average Bonchev–Trinajstić information content (AvgIpc) is 3.43.